The molecule has 0 aliphatic heterocycles. The fourth-order valence-corrected chi connectivity index (χ4v) is 5.50. The van der Waals surface area contributed by atoms with E-state index < -0.39 is 17.9 Å². The third-order valence-corrected chi connectivity index (χ3v) is 8.10. The van der Waals surface area contributed by atoms with Gasteiger partial charge in [0.1, 0.15) is 29.0 Å². The smallest absolute Gasteiger partial charge is 0.270 e. The number of hydrogen-bond acceptors (Lipinski definition) is 5. The molecule has 45 heavy (non-hydrogen) atoms. The van der Waals surface area contributed by atoms with Crippen LogP contribution in [0, 0.1) is 5.92 Å². The van der Waals surface area contributed by atoms with Crippen LogP contribution in [0.15, 0.2) is 84.0 Å². The zero-order valence-corrected chi connectivity index (χ0v) is 26.5. The Labute approximate surface area is 265 Å². The minimum Gasteiger partial charge on any atom is -0.493 e. The van der Waals surface area contributed by atoms with Crippen LogP contribution in [0.4, 0.5) is 0 Å². The van der Waals surface area contributed by atoms with Gasteiger partial charge >= 0.3 is 0 Å². The first-order valence-electron chi connectivity index (χ1n) is 15.6. The van der Waals surface area contributed by atoms with Crippen molar-refractivity contribution in [1.29, 1.82) is 0 Å². The molecule has 8 heteroatoms. The van der Waals surface area contributed by atoms with Gasteiger partial charge in [0, 0.05) is 18.0 Å². The number of pyridine rings is 1. The van der Waals surface area contributed by atoms with E-state index in [4.69, 9.17) is 15.2 Å². The lowest BCUT2D eigenvalue weighted by molar-refractivity contribution is -0.119. The summed E-state index contributed by atoms with van der Waals surface area (Å²) in [4.78, 5) is 34.6. The maximum absolute atomic E-state index is 13.4. The van der Waals surface area contributed by atoms with Gasteiger partial charge in [0.15, 0.2) is 0 Å². The molecule has 0 spiro atoms. The molecule has 1 aliphatic rings. The zero-order chi connectivity index (χ0) is 32.0. The molecule has 1 aliphatic carbocycles. The Morgan fingerprint density at radius 2 is 1.60 bits per heavy atom. The second-order valence-corrected chi connectivity index (χ2v) is 12.9. The molecule has 1 heterocycles. The van der Waals surface area contributed by atoms with Crippen molar-refractivity contribution in [1.82, 2.24) is 10.3 Å². The van der Waals surface area contributed by atoms with E-state index in [-0.39, 0.29) is 23.4 Å². The number of aromatic nitrogens is 1. The number of fused-ring (bicyclic) bond motifs is 1. The van der Waals surface area contributed by atoms with Crippen LogP contribution in [0.3, 0.4) is 0 Å². The number of carbonyl (C=O) groups excluding carboxylic acids is 2. The predicted molar refractivity (Wildman–Crippen MR) is 178 cm³/mol. The number of hydrogen-bond donors (Lipinski definition) is 2. The van der Waals surface area contributed by atoms with Crippen LogP contribution >= 0.6 is 0 Å². The fourth-order valence-electron chi connectivity index (χ4n) is 5.50. The lowest BCUT2D eigenvalue weighted by atomic mass is 9.87. The fraction of sp³-hybridized carbons (Fsp3) is 0.351. The molecule has 3 aromatic carbocycles. The lowest BCUT2D eigenvalue weighted by Gasteiger charge is -2.19. The van der Waals surface area contributed by atoms with Crippen molar-refractivity contribution in [3.63, 3.8) is 0 Å². The van der Waals surface area contributed by atoms with Crippen molar-refractivity contribution in [3.8, 4) is 17.2 Å². The third-order valence-electron chi connectivity index (χ3n) is 8.10. The molecular formula is C37H42N4O4. The zero-order valence-electron chi connectivity index (χ0n) is 26.5. The minimum absolute atomic E-state index is 0.0539. The Bertz CT molecular complexity index is 1660. The van der Waals surface area contributed by atoms with Gasteiger partial charge in [-0.25, -0.2) is 0 Å². The topological polar surface area (TPSA) is 116 Å². The van der Waals surface area contributed by atoms with E-state index >= 15 is 0 Å². The number of nitrogens with zero attached hydrogens (tertiary/aromatic N) is 2. The van der Waals surface area contributed by atoms with Crippen LogP contribution in [0.5, 0.6) is 17.2 Å². The second-order valence-electron chi connectivity index (χ2n) is 12.9. The standard InChI is InChI=1S/C37H42N4O4/c1-24(38)40-36(43)34(19-25-9-14-30(15-10-25)44-23-26-7-5-6-8-26)41-35(42)33-21-28-20-32(16-11-27(28)22-39-33)45-31-17-12-29(13-18-31)37(2,3)4/h9-18,20-22,26,34H,5-8,19,23H2,1-4H3,(H,41,42)(H2,38,40,43)/t34-/m0/s1. The van der Waals surface area contributed by atoms with E-state index in [1.54, 1.807) is 12.3 Å². The monoisotopic (exact) mass is 606 g/mol. The van der Waals surface area contributed by atoms with Gasteiger partial charge < -0.3 is 20.5 Å². The van der Waals surface area contributed by atoms with Gasteiger partial charge in [-0.2, -0.15) is 4.99 Å². The first kappa shape index (κ1) is 31.7. The lowest BCUT2D eigenvalue weighted by Crippen LogP contribution is -2.42. The van der Waals surface area contributed by atoms with E-state index in [0.29, 0.717) is 11.7 Å². The third kappa shape index (κ3) is 8.69. The van der Waals surface area contributed by atoms with E-state index in [1.807, 2.05) is 54.6 Å². The molecule has 1 aromatic heterocycles. The molecule has 1 atom stereocenters. The molecule has 0 radical (unpaired) electrons. The highest BCUT2D eigenvalue weighted by molar-refractivity contribution is 6.01. The highest BCUT2D eigenvalue weighted by Gasteiger charge is 2.23. The first-order chi connectivity index (χ1) is 21.5. The number of benzene rings is 3. The number of nitrogens with one attached hydrogen (secondary N) is 1. The highest BCUT2D eigenvalue weighted by atomic mass is 16.5. The van der Waals surface area contributed by atoms with E-state index in [2.05, 4.69) is 48.2 Å². The molecule has 0 unspecified atom stereocenters. The predicted octanol–water partition coefficient (Wildman–Crippen LogP) is 7.14. The van der Waals surface area contributed by atoms with Crippen LogP contribution in [-0.2, 0) is 16.6 Å². The molecule has 234 valence electrons. The average molecular weight is 607 g/mol. The molecule has 1 fully saturated rings. The summed E-state index contributed by atoms with van der Waals surface area (Å²) in [6.45, 7) is 8.77. The Hall–Kier alpha value is -4.72. The first-order valence-corrected chi connectivity index (χ1v) is 15.6. The van der Waals surface area contributed by atoms with Gasteiger partial charge in [-0.1, -0.05) is 57.9 Å². The van der Waals surface area contributed by atoms with Gasteiger partial charge in [0.25, 0.3) is 11.8 Å². The van der Waals surface area contributed by atoms with Crippen molar-refractivity contribution in [2.45, 2.75) is 71.3 Å². The highest BCUT2D eigenvalue weighted by Crippen LogP contribution is 2.29. The SMILES string of the molecule is CC(N)=NC(=O)[C@H](Cc1ccc(OCC2CCCC2)cc1)NC(=O)c1cc2cc(Oc3ccc(C(C)(C)C)cc3)ccc2cn1. The molecule has 0 bridgehead atoms. The normalized spacial score (nSPS) is 14.7. The summed E-state index contributed by atoms with van der Waals surface area (Å²) in [5, 5.41) is 4.46. The average Bonchev–Trinajstić information content (AvgIpc) is 3.53. The number of ether oxygens (including phenoxy) is 2. The molecule has 2 amide bonds. The van der Waals surface area contributed by atoms with Crippen molar-refractivity contribution in [2.24, 2.45) is 16.6 Å². The van der Waals surface area contributed by atoms with Crippen LogP contribution in [-0.4, -0.2) is 35.3 Å². The van der Waals surface area contributed by atoms with Crippen LogP contribution in [0.1, 0.15) is 75.0 Å². The summed E-state index contributed by atoms with van der Waals surface area (Å²) in [6.07, 6.45) is 6.86. The van der Waals surface area contributed by atoms with E-state index in [1.165, 1.54) is 38.2 Å². The van der Waals surface area contributed by atoms with Crippen molar-refractivity contribution >= 4 is 28.4 Å². The number of carbonyl (C=O) groups is 2. The van der Waals surface area contributed by atoms with Gasteiger partial charge in [0.05, 0.1) is 12.4 Å². The Kier molecular flexibility index (Phi) is 9.81. The number of aliphatic imine (C=N–C) groups is 1. The van der Waals surface area contributed by atoms with Crippen LogP contribution in [0.2, 0.25) is 0 Å². The molecule has 1 saturated carbocycles. The number of amidine groups is 1. The van der Waals surface area contributed by atoms with Gasteiger partial charge in [0.2, 0.25) is 0 Å². The van der Waals surface area contributed by atoms with Crippen LogP contribution in [0.25, 0.3) is 10.8 Å². The summed E-state index contributed by atoms with van der Waals surface area (Å²) >= 11 is 0. The van der Waals surface area contributed by atoms with Gasteiger partial charge in [-0.05, 0) is 96.1 Å². The van der Waals surface area contributed by atoms with Gasteiger partial charge in [-0.15, -0.1) is 0 Å². The maximum Gasteiger partial charge on any atom is 0.270 e. The van der Waals surface area contributed by atoms with E-state index in [0.717, 1.165) is 34.4 Å². The summed E-state index contributed by atoms with van der Waals surface area (Å²) in [5.41, 5.74) is 8.01. The summed E-state index contributed by atoms with van der Waals surface area (Å²) in [5.74, 6) is 1.88. The molecular weight excluding hydrogens is 564 g/mol. The molecule has 5 rings (SSSR count). The van der Waals surface area contributed by atoms with E-state index in [9.17, 15) is 9.59 Å². The Morgan fingerprint density at radius 3 is 2.27 bits per heavy atom. The number of rotatable bonds is 10. The second kappa shape index (κ2) is 13.9. The largest absolute Gasteiger partial charge is 0.493 e. The molecule has 3 N–H and O–H groups in total. The van der Waals surface area contributed by atoms with Crippen molar-refractivity contribution in [3.05, 3.63) is 95.8 Å². The van der Waals surface area contributed by atoms with Crippen molar-refractivity contribution in [2.75, 3.05) is 6.61 Å². The Balaban J connectivity index is 1.28. The molecule has 8 nitrogen and oxygen atoms in total. The maximum atomic E-state index is 13.4. The Morgan fingerprint density at radius 1 is 0.933 bits per heavy atom. The summed E-state index contributed by atoms with van der Waals surface area (Å²) in [7, 11) is 0. The van der Waals surface area contributed by atoms with Gasteiger partial charge in [-0.3, -0.25) is 14.6 Å². The summed E-state index contributed by atoms with van der Waals surface area (Å²) in [6, 6.07) is 22.0. The van der Waals surface area contributed by atoms with Crippen molar-refractivity contribution < 1.29 is 19.1 Å². The molecule has 0 saturated heterocycles. The number of nitrogens with two attached hydrogens (primary N) is 1. The molecule has 4 aromatic rings. The van der Waals surface area contributed by atoms with Crippen LogP contribution < -0.4 is 20.5 Å². The summed E-state index contributed by atoms with van der Waals surface area (Å²) < 4.78 is 12.1. The minimum atomic E-state index is -0.926. The number of amides is 2. The quantitative estimate of drug-likeness (QED) is 0.146.